The molecule has 5 aromatic rings. The van der Waals surface area contributed by atoms with Gasteiger partial charge in [-0.3, -0.25) is 9.55 Å². The number of benzene rings is 2. The second kappa shape index (κ2) is 7.39. The summed E-state index contributed by atoms with van der Waals surface area (Å²) >= 11 is 0. The summed E-state index contributed by atoms with van der Waals surface area (Å²) < 4.78 is 18.0. The van der Waals surface area contributed by atoms with Crippen LogP contribution in [0.5, 0.6) is 5.75 Å². The van der Waals surface area contributed by atoms with Crippen LogP contribution in [-0.2, 0) is 6.54 Å². The summed E-state index contributed by atoms with van der Waals surface area (Å²) in [6.45, 7) is 4.02. The lowest BCUT2D eigenvalue weighted by atomic mass is 10.0. The van der Waals surface area contributed by atoms with Crippen LogP contribution in [-0.4, -0.2) is 21.8 Å². The van der Waals surface area contributed by atoms with Crippen molar-refractivity contribution in [2.45, 2.75) is 20.4 Å². The number of ether oxygens (including phenoxy) is 1. The van der Waals surface area contributed by atoms with Gasteiger partial charge in [0, 0.05) is 10.9 Å². The second-order valence-electron chi connectivity index (χ2n) is 7.50. The van der Waals surface area contributed by atoms with Crippen LogP contribution in [0.2, 0.25) is 0 Å². The molecule has 0 spiro atoms. The molecule has 0 aliphatic rings. The lowest BCUT2D eigenvalue weighted by Crippen LogP contribution is -2.15. The predicted octanol–water partition coefficient (Wildman–Crippen LogP) is 4.34. The molecule has 8 heteroatoms. The number of rotatable bonds is 4. The van der Waals surface area contributed by atoms with E-state index in [1.165, 1.54) is 0 Å². The maximum Gasteiger partial charge on any atom is 0.420 e. The fraction of sp³-hybridized carbons (Fsp3) is 0.167. The Kier molecular flexibility index (Phi) is 4.52. The molecule has 158 valence electrons. The monoisotopic (exact) mass is 426 g/mol. The minimum Gasteiger partial charge on any atom is -0.496 e. The minimum absolute atomic E-state index is 0.296. The van der Waals surface area contributed by atoms with Gasteiger partial charge in [0.2, 0.25) is 0 Å². The number of hydrogen-bond acceptors (Lipinski definition) is 7. The smallest absolute Gasteiger partial charge is 0.420 e. The van der Waals surface area contributed by atoms with Crippen molar-refractivity contribution < 1.29 is 13.7 Å². The van der Waals surface area contributed by atoms with Crippen LogP contribution in [0.25, 0.3) is 33.1 Å². The van der Waals surface area contributed by atoms with E-state index < -0.39 is 5.76 Å². The van der Waals surface area contributed by atoms with E-state index >= 15 is 0 Å². The number of aryl methyl sites for hydroxylation is 2. The standard InChI is InChI=1S/C24H18N4O4/c1-13-22(14(2)32-27-13)18-8-19-17(9-20(18)30-3)23-21(11-26-19)31-24(29)28(23)12-16-6-4-15(10-25)5-7-16/h4-9,11H,12H2,1-3H3. The van der Waals surface area contributed by atoms with Gasteiger partial charge in [0.25, 0.3) is 0 Å². The number of nitriles is 1. The van der Waals surface area contributed by atoms with Crippen LogP contribution in [0.3, 0.4) is 0 Å². The van der Waals surface area contributed by atoms with Gasteiger partial charge in [-0.25, -0.2) is 4.79 Å². The van der Waals surface area contributed by atoms with Crippen molar-refractivity contribution >= 4 is 22.0 Å². The van der Waals surface area contributed by atoms with Crippen molar-refractivity contribution in [2.75, 3.05) is 7.11 Å². The zero-order chi connectivity index (χ0) is 22.4. The zero-order valence-electron chi connectivity index (χ0n) is 17.7. The van der Waals surface area contributed by atoms with Gasteiger partial charge in [-0.1, -0.05) is 17.3 Å². The summed E-state index contributed by atoms with van der Waals surface area (Å²) in [5, 5.41) is 13.8. The van der Waals surface area contributed by atoms with Crippen LogP contribution in [0, 0.1) is 25.2 Å². The Morgan fingerprint density at radius 2 is 1.97 bits per heavy atom. The molecule has 0 radical (unpaired) electrons. The molecule has 0 unspecified atom stereocenters. The molecule has 3 aromatic heterocycles. The molecule has 32 heavy (non-hydrogen) atoms. The highest BCUT2D eigenvalue weighted by Gasteiger charge is 2.20. The van der Waals surface area contributed by atoms with Crippen LogP contribution < -0.4 is 10.5 Å². The summed E-state index contributed by atoms with van der Waals surface area (Å²) in [4.78, 5) is 17.2. The Bertz CT molecular complexity index is 1560. The number of methoxy groups -OCH3 is 1. The molecule has 0 N–H and O–H groups in total. The van der Waals surface area contributed by atoms with Crippen molar-refractivity contribution in [3.8, 4) is 22.9 Å². The molecular formula is C24H18N4O4. The average molecular weight is 426 g/mol. The van der Waals surface area contributed by atoms with Crippen LogP contribution >= 0.6 is 0 Å². The molecule has 0 amide bonds. The molecule has 0 bridgehead atoms. The Labute approximate surface area is 182 Å². The molecule has 0 saturated carbocycles. The van der Waals surface area contributed by atoms with Gasteiger partial charge < -0.3 is 13.7 Å². The molecular weight excluding hydrogens is 408 g/mol. The lowest BCUT2D eigenvalue weighted by Gasteiger charge is -2.11. The van der Waals surface area contributed by atoms with Gasteiger partial charge in [0.1, 0.15) is 17.0 Å². The predicted molar refractivity (Wildman–Crippen MR) is 118 cm³/mol. The highest BCUT2D eigenvalue weighted by atomic mass is 16.5. The Hall–Kier alpha value is -4.38. The molecule has 0 aliphatic carbocycles. The third-order valence-electron chi connectivity index (χ3n) is 5.54. The minimum atomic E-state index is -0.479. The van der Waals surface area contributed by atoms with Crippen molar-refractivity contribution in [1.29, 1.82) is 5.26 Å². The van der Waals surface area contributed by atoms with Crippen LogP contribution in [0.1, 0.15) is 22.6 Å². The highest BCUT2D eigenvalue weighted by Crippen LogP contribution is 2.38. The summed E-state index contributed by atoms with van der Waals surface area (Å²) in [5.41, 5.74) is 5.56. The van der Waals surface area contributed by atoms with Crippen LogP contribution in [0.15, 0.2) is 56.3 Å². The number of aromatic nitrogens is 3. The van der Waals surface area contributed by atoms with Gasteiger partial charge in [-0.15, -0.1) is 0 Å². The average Bonchev–Trinajstić information content (AvgIpc) is 3.31. The molecule has 2 aromatic carbocycles. The van der Waals surface area contributed by atoms with Crippen LogP contribution in [0.4, 0.5) is 0 Å². The van der Waals surface area contributed by atoms with Gasteiger partial charge in [-0.2, -0.15) is 5.26 Å². The maximum atomic E-state index is 12.7. The Morgan fingerprint density at radius 1 is 1.19 bits per heavy atom. The Balaban J connectivity index is 1.74. The SMILES string of the molecule is COc1cc2c(cc1-c1c(C)noc1C)ncc1oc(=O)n(Cc3ccc(C#N)cc3)c12. The maximum absolute atomic E-state index is 12.7. The second-order valence-corrected chi connectivity index (χ2v) is 7.50. The van der Waals surface area contributed by atoms with Gasteiger partial charge in [-0.05, 0) is 43.7 Å². The normalized spacial score (nSPS) is 11.2. The molecule has 5 rings (SSSR count). The van der Waals surface area contributed by atoms with E-state index in [0.717, 1.165) is 27.8 Å². The van der Waals surface area contributed by atoms with Crippen molar-refractivity contribution in [3.63, 3.8) is 0 Å². The number of hydrogen-bond donors (Lipinski definition) is 0. The third kappa shape index (κ3) is 3.03. The fourth-order valence-electron chi connectivity index (χ4n) is 4.02. The highest BCUT2D eigenvalue weighted by molar-refractivity contribution is 6.04. The molecule has 0 aliphatic heterocycles. The van der Waals surface area contributed by atoms with Gasteiger partial charge >= 0.3 is 5.76 Å². The molecule has 8 nitrogen and oxygen atoms in total. The topological polar surface area (TPSA) is 107 Å². The van der Waals surface area contributed by atoms with E-state index in [1.807, 2.05) is 38.1 Å². The number of nitrogens with zero attached hydrogens (tertiary/aromatic N) is 4. The van der Waals surface area contributed by atoms with E-state index in [9.17, 15) is 4.79 Å². The molecule has 0 saturated heterocycles. The number of pyridine rings is 1. The van der Waals surface area contributed by atoms with Crippen molar-refractivity contribution in [3.05, 3.63) is 75.7 Å². The summed E-state index contributed by atoms with van der Waals surface area (Å²) in [6, 6.07) is 13.0. The first-order valence-corrected chi connectivity index (χ1v) is 9.92. The third-order valence-corrected chi connectivity index (χ3v) is 5.54. The quantitative estimate of drug-likeness (QED) is 0.421. The van der Waals surface area contributed by atoms with E-state index in [1.54, 1.807) is 30.0 Å². The van der Waals surface area contributed by atoms with Crippen molar-refractivity contribution in [1.82, 2.24) is 14.7 Å². The molecule has 3 heterocycles. The largest absolute Gasteiger partial charge is 0.496 e. The lowest BCUT2D eigenvalue weighted by molar-refractivity contribution is 0.393. The van der Waals surface area contributed by atoms with Gasteiger partial charge in [0.15, 0.2) is 5.58 Å². The van der Waals surface area contributed by atoms with E-state index in [4.69, 9.17) is 18.9 Å². The van der Waals surface area contributed by atoms with Gasteiger partial charge in [0.05, 0.1) is 48.3 Å². The number of oxazole rings is 1. The summed E-state index contributed by atoms with van der Waals surface area (Å²) in [7, 11) is 1.59. The van der Waals surface area contributed by atoms with E-state index in [0.29, 0.717) is 40.2 Å². The summed E-state index contributed by atoms with van der Waals surface area (Å²) in [6.07, 6.45) is 1.55. The van der Waals surface area contributed by atoms with E-state index in [2.05, 4.69) is 16.2 Å². The molecule has 0 atom stereocenters. The fourth-order valence-corrected chi connectivity index (χ4v) is 4.02. The zero-order valence-corrected chi connectivity index (χ0v) is 17.7. The summed E-state index contributed by atoms with van der Waals surface area (Å²) in [5.74, 6) is 0.814. The first-order chi connectivity index (χ1) is 15.5. The Morgan fingerprint density at radius 3 is 2.62 bits per heavy atom. The van der Waals surface area contributed by atoms with E-state index in [-0.39, 0.29) is 0 Å². The number of fused-ring (bicyclic) bond motifs is 3. The first-order valence-electron chi connectivity index (χ1n) is 9.92. The molecule has 0 fully saturated rings. The first kappa shape index (κ1) is 19.6. The van der Waals surface area contributed by atoms with Crippen molar-refractivity contribution in [2.24, 2.45) is 0 Å².